The number of rotatable bonds is 1. The molecule has 0 aromatic carbocycles. The van der Waals surface area contributed by atoms with Crippen molar-refractivity contribution in [3.8, 4) is 0 Å². The van der Waals surface area contributed by atoms with Gasteiger partial charge >= 0.3 is 0 Å². The van der Waals surface area contributed by atoms with Crippen LogP contribution < -0.4 is 11.1 Å². The van der Waals surface area contributed by atoms with Gasteiger partial charge in [0.15, 0.2) is 0 Å². The van der Waals surface area contributed by atoms with Gasteiger partial charge in [-0.05, 0) is 0 Å². The maximum atomic E-state index is 5.29. The van der Waals surface area contributed by atoms with Crippen molar-refractivity contribution >= 4 is 0 Å². The Balaban J connectivity index is 2.64. The van der Waals surface area contributed by atoms with Crippen molar-refractivity contribution in [2.45, 2.75) is 6.42 Å². The minimum atomic E-state index is 0.851. The molecule has 1 rings (SSSR count). The maximum absolute atomic E-state index is 5.29. The lowest BCUT2D eigenvalue weighted by Crippen LogP contribution is -2.14. The molecule has 0 bridgehead atoms. The molecule has 0 heterocycles. The van der Waals surface area contributed by atoms with Crippen molar-refractivity contribution in [3.63, 3.8) is 0 Å². The first-order chi connectivity index (χ1) is 3.33. The monoisotopic (exact) mass is 96.1 g/mol. The summed E-state index contributed by atoms with van der Waals surface area (Å²) >= 11 is 0. The van der Waals surface area contributed by atoms with Crippen LogP contribution in [0.25, 0.3) is 0 Å². The van der Waals surface area contributed by atoms with E-state index in [1.807, 2.05) is 7.05 Å². The van der Waals surface area contributed by atoms with Crippen molar-refractivity contribution in [2.75, 3.05) is 7.05 Å². The second kappa shape index (κ2) is 1.32. The zero-order chi connectivity index (χ0) is 5.28. The van der Waals surface area contributed by atoms with E-state index in [9.17, 15) is 0 Å². The SMILES string of the molecule is CNC1=C=C(N)C1. The summed E-state index contributed by atoms with van der Waals surface area (Å²) in [5.41, 5.74) is 10.1. The Kier molecular flexibility index (Phi) is 0.807. The lowest BCUT2D eigenvalue weighted by atomic mass is 10.1. The van der Waals surface area contributed by atoms with E-state index in [0.29, 0.717) is 0 Å². The van der Waals surface area contributed by atoms with Crippen molar-refractivity contribution in [1.82, 2.24) is 5.32 Å². The Morgan fingerprint density at radius 2 is 2.43 bits per heavy atom. The summed E-state index contributed by atoms with van der Waals surface area (Å²) in [7, 11) is 1.87. The molecule has 3 N–H and O–H groups in total. The lowest BCUT2D eigenvalue weighted by Gasteiger charge is -2.09. The number of nitrogens with one attached hydrogen (secondary N) is 1. The van der Waals surface area contributed by atoms with Crippen LogP contribution in [0.3, 0.4) is 0 Å². The van der Waals surface area contributed by atoms with Crippen molar-refractivity contribution in [3.05, 3.63) is 17.1 Å². The molecule has 0 spiro atoms. The van der Waals surface area contributed by atoms with E-state index >= 15 is 0 Å². The van der Waals surface area contributed by atoms with Crippen molar-refractivity contribution < 1.29 is 0 Å². The third kappa shape index (κ3) is 0.599. The molecule has 0 aromatic heterocycles. The Morgan fingerprint density at radius 1 is 1.86 bits per heavy atom. The summed E-state index contributed by atoms with van der Waals surface area (Å²) in [5.74, 6) is 0. The van der Waals surface area contributed by atoms with E-state index in [1.54, 1.807) is 0 Å². The predicted molar refractivity (Wildman–Crippen MR) is 28.4 cm³/mol. The van der Waals surface area contributed by atoms with Gasteiger partial charge in [0.05, 0.1) is 11.4 Å². The standard InChI is InChI=1S/C5H8N2/c1-7-5-2-4(6)3-5/h7H,2,6H2,1H3. The molecule has 7 heavy (non-hydrogen) atoms. The van der Waals surface area contributed by atoms with Crippen LogP contribution >= 0.6 is 0 Å². The second-order valence-electron chi connectivity index (χ2n) is 1.56. The van der Waals surface area contributed by atoms with Crippen LogP contribution in [0.1, 0.15) is 6.42 Å². The van der Waals surface area contributed by atoms with Crippen LogP contribution in [-0.2, 0) is 0 Å². The highest BCUT2D eigenvalue weighted by Gasteiger charge is 2.02. The summed E-state index contributed by atoms with van der Waals surface area (Å²) < 4.78 is 0. The fraction of sp³-hybridized carbons (Fsp3) is 0.400. The van der Waals surface area contributed by atoms with Gasteiger partial charge in [0, 0.05) is 13.5 Å². The van der Waals surface area contributed by atoms with Gasteiger partial charge in [-0.3, -0.25) is 0 Å². The molecule has 38 valence electrons. The summed E-state index contributed by atoms with van der Waals surface area (Å²) in [4.78, 5) is 0. The zero-order valence-corrected chi connectivity index (χ0v) is 4.28. The molecule has 0 amide bonds. The molecule has 0 aliphatic heterocycles. The van der Waals surface area contributed by atoms with E-state index in [-0.39, 0.29) is 0 Å². The van der Waals surface area contributed by atoms with Gasteiger partial charge in [-0.15, -0.1) is 0 Å². The molecule has 1 aliphatic rings. The quantitative estimate of drug-likeness (QED) is 0.448. The Hall–Kier alpha value is -0.880. The fourth-order valence-electron chi connectivity index (χ4n) is 0.517. The molecule has 0 fully saturated rings. The van der Waals surface area contributed by atoms with Crippen LogP contribution in [0.2, 0.25) is 0 Å². The third-order valence-electron chi connectivity index (χ3n) is 0.980. The molecular weight excluding hydrogens is 88.1 g/mol. The normalized spacial score (nSPS) is 16.7. The maximum Gasteiger partial charge on any atom is 0.0619 e. The zero-order valence-electron chi connectivity index (χ0n) is 4.28. The van der Waals surface area contributed by atoms with Gasteiger partial charge in [-0.25, -0.2) is 0 Å². The van der Waals surface area contributed by atoms with E-state index in [4.69, 9.17) is 5.73 Å². The molecule has 0 radical (unpaired) electrons. The van der Waals surface area contributed by atoms with E-state index in [2.05, 4.69) is 11.0 Å². The van der Waals surface area contributed by atoms with Gasteiger partial charge in [-0.1, -0.05) is 5.73 Å². The minimum absolute atomic E-state index is 0.851. The van der Waals surface area contributed by atoms with Crippen LogP contribution in [-0.4, -0.2) is 7.05 Å². The van der Waals surface area contributed by atoms with Crippen LogP contribution in [0.15, 0.2) is 17.1 Å². The van der Waals surface area contributed by atoms with Gasteiger partial charge in [0.1, 0.15) is 0 Å². The highest BCUT2D eigenvalue weighted by atomic mass is 14.8. The molecular formula is C5H8N2. The summed E-state index contributed by atoms with van der Waals surface area (Å²) in [6.07, 6.45) is 0.885. The summed E-state index contributed by atoms with van der Waals surface area (Å²) in [6, 6.07) is 0. The number of hydrogen-bond acceptors (Lipinski definition) is 2. The molecule has 0 unspecified atom stereocenters. The Labute approximate surface area is 42.7 Å². The lowest BCUT2D eigenvalue weighted by molar-refractivity contribution is 0.866. The van der Waals surface area contributed by atoms with Gasteiger partial charge in [0.2, 0.25) is 0 Å². The Morgan fingerprint density at radius 3 is 2.57 bits per heavy atom. The van der Waals surface area contributed by atoms with Crippen LogP contribution in [0, 0.1) is 0 Å². The van der Waals surface area contributed by atoms with E-state index < -0.39 is 0 Å². The highest BCUT2D eigenvalue weighted by molar-refractivity contribution is 5.21. The van der Waals surface area contributed by atoms with E-state index in [1.165, 1.54) is 0 Å². The van der Waals surface area contributed by atoms with Gasteiger partial charge in [-0.2, -0.15) is 0 Å². The molecule has 1 aliphatic carbocycles. The summed E-state index contributed by atoms with van der Waals surface area (Å²) in [5, 5.41) is 2.94. The average molecular weight is 96.1 g/mol. The first-order valence-corrected chi connectivity index (χ1v) is 2.25. The third-order valence-corrected chi connectivity index (χ3v) is 0.980. The number of nitrogens with two attached hydrogens (primary N) is 1. The smallest absolute Gasteiger partial charge is 0.0619 e. The first-order valence-electron chi connectivity index (χ1n) is 2.25. The molecule has 0 saturated heterocycles. The first kappa shape index (κ1) is 4.28. The van der Waals surface area contributed by atoms with Crippen LogP contribution in [0.5, 0.6) is 0 Å². The van der Waals surface area contributed by atoms with E-state index in [0.717, 1.165) is 17.8 Å². The number of hydrogen-bond donors (Lipinski definition) is 2. The van der Waals surface area contributed by atoms with Gasteiger partial charge < -0.3 is 11.1 Å². The molecule has 0 saturated carbocycles. The fourth-order valence-corrected chi connectivity index (χ4v) is 0.517. The highest BCUT2D eigenvalue weighted by Crippen LogP contribution is 2.08. The minimum Gasteiger partial charge on any atom is -0.395 e. The largest absolute Gasteiger partial charge is 0.395 e. The Bertz CT molecular complexity index is 136. The van der Waals surface area contributed by atoms with Crippen molar-refractivity contribution in [1.29, 1.82) is 0 Å². The predicted octanol–water partition coefficient (Wildman–Crippen LogP) is -0.0651. The summed E-state index contributed by atoms with van der Waals surface area (Å²) in [6.45, 7) is 0. The molecule has 0 aromatic rings. The van der Waals surface area contributed by atoms with Gasteiger partial charge in [0.25, 0.3) is 0 Å². The topological polar surface area (TPSA) is 38.0 Å². The molecule has 2 heteroatoms. The molecule has 0 atom stereocenters. The van der Waals surface area contributed by atoms with Crippen LogP contribution in [0.4, 0.5) is 0 Å². The molecule has 2 nitrogen and oxygen atoms in total. The second-order valence-corrected chi connectivity index (χ2v) is 1.56. The average Bonchev–Trinajstić information content (AvgIpc) is 1.58. The van der Waals surface area contributed by atoms with Crippen molar-refractivity contribution in [2.24, 2.45) is 5.73 Å².